The van der Waals surface area contributed by atoms with Gasteiger partial charge in [0.1, 0.15) is 33.4 Å². The van der Waals surface area contributed by atoms with Crippen LogP contribution in [0.2, 0.25) is 18.1 Å². The molecule has 2 aromatic carbocycles. The Balaban J connectivity index is 1.29. The largest absolute Gasteiger partial charge is 0.598 e. The highest BCUT2D eigenvalue weighted by molar-refractivity contribution is 7.90. The van der Waals surface area contributed by atoms with E-state index in [0.29, 0.717) is 40.0 Å². The summed E-state index contributed by atoms with van der Waals surface area (Å²) < 4.78 is 117. The van der Waals surface area contributed by atoms with E-state index in [-0.39, 0.29) is 22.9 Å². The zero-order valence-electron chi connectivity index (χ0n) is 32.6. The maximum Gasteiger partial charge on any atom is 0.416 e. The summed E-state index contributed by atoms with van der Waals surface area (Å²) in [5.74, 6) is -0.810. The van der Waals surface area contributed by atoms with Crippen LogP contribution in [0.4, 0.5) is 26.3 Å². The lowest BCUT2D eigenvalue weighted by Gasteiger charge is -2.58. The number of hydrogen-bond donors (Lipinski definition) is 1. The highest BCUT2D eigenvalue weighted by Crippen LogP contribution is 2.60. The Morgan fingerprint density at radius 3 is 2.29 bits per heavy atom. The molecule has 1 saturated carbocycles. The van der Waals surface area contributed by atoms with Crippen molar-refractivity contribution in [1.82, 2.24) is 24.2 Å². The molecular formula is C39H45F6N5O4SSi. The summed E-state index contributed by atoms with van der Waals surface area (Å²) in [5.41, 5.74) is -2.19. The average Bonchev–Trinajstić information content (AvgIpc) is 3.58. The topological polar surface area (TPSA) is 105 Å². The Kier molecular flexibility index (Phi) is 9.55. The molecule has 4 heterocycles. The van der Waals surface area contributed by atoms with E-state index >= 15 is 17.6 Å². The maximum absolute atomic E-state index is 16.5. The van der Waals surface area contributed by atoms with Crippen molar-refractivity contribution in [2.45, 2.75) is 120 Å². The zero-order chi connectivity index (χ0) is 41.1. The molecule has 0 spiro atoms. The second kappa shape index (κ2) is 13.2. The minimum absolute atomic E-state index is 0.118. The first-order valence-corrected chi connectivity index (χ1v) is 22.3. The number of benzene rings is 2. The van der Waals surface area contributed by atoms with Crippen LogP contribution >= 0.6 is 0 Å². The third-order valence-corrected chi connectivity index (χ3v) is 18.0. The number of fused-ring (bicyclic) bond motifs is 9. The lowest BCUT2D eigenvalue weighted by Crippen LogP contribution is -2.73. The van der Waals surface area contributed by atoms with E-state index in [1.807, 2.05) is 25.3 Å². The van der Waals surface area contributed by atoms with Crippen LogP contribution in [-0.2, 0) is 21.3 Å². The minimum atomic E-state index is -4.81. The number of nitrogens with zero attached hydrogens (tertiary/aromatic N) is 4. The summed E-state index contributed by atoms with van der Waals surface area (Å²) in [5, 5.41) is -0.552. The second-order valence-corrected chi connectivity index (χ2v) is 24.3. The molecule has 0 saturated heterocycles. The van der Waals surface area contributed by atoms with Crippen LogP contribution < -0.4 is 9.46 Å². The molecule has 1 amide bonds. The third kappa shape index (κ3) is 6.50. The van der Waals surface area contributed by atoms with Gasteiger partial charge in [-0.1, -0.05) is 32.9 Å². The van der Waals surface area contributed by atoms with Crippen LogP contribution in [0.15, 0.2) is 48.7 Å². The van der Waals surface area contributed by atoms with Gasteiger partial charge in [0, 0.05) is 60.6 Å². The molecule has 56 heavy (non-hydrogen) atoms. The fourth-order valence-corrected chi connectivity index (χ4v) is 10.4. The highest BCUT2D eigenvalue weighted by Gasteiger charge is 2.73. The number of amides is 1. The van der Waals surface area contributed by atoms with Crippen molar-refractivity contribution in [2.75, 3.05) is 7.05 Å². The Bertz CT molecular complexity index is 2210. The van der Waals surface area contributed by atoms with Crippen molar-refractivity contribution in [3.8, 4) is 16.9 Å². The van der Waals surface area contributed by atoms with Crippen molar-refractivity contribution in [2.24, 2.45) is 0 Å². The van der Waals surface area contributed by atoms with Crippen molar-refractivity contribution < 1.29 is 44.9 Å². The van der Waals surface area contributed by atoms with Gasteiger partial charge in [0.05, 0.1) is 23.1 Å². The van der Waals surface area contributed by atoms with Crippen LogP contribution in [-0.4, -0.2) is 68.4 Å². The van der Waals surface area contributed by atoms with Crippen LogP contribution in [0, 0.1) is 5.82 Å². The van der Waals surface area contributed by atoms with Crippen LogP contribution in [0.3, 0.4) is 0 Å². The van der Waals surface area contributed by atoms with E-state index in [2.05, 4.69) is 9.71 Å². The number of halogens is 6. The van der Waals surface area contributed by atoms with E-state index in [1.165, 1.54) is 29.3 Å². The highest BCUT2D eigenvalue weighted by atomic mass is 32.2. The first kappa shape index (κ1) is 40.5. The van der Waals surface area contributed by atoms with Gasteiger partial charge in [-0.3, -0.25) is 9.78 Å². The molecule has 2 aromatic heterocycles. The number of aromatic nitrogens is 3. The molecule has 2 aliphatic heterocycles. The number of nitrogens with one attached hydrogen (secondary N) is 1. The molecule has 1 aliphatic carbocycles. The van der Waals surface area contributed by atoms with Crippen molar-refractivity contribution in [1.29, 1.82) is 0 Å². The van der Waals surface area contributed by atoms with Gasteiger partial charge >= 0.3 is 12.8 Å². The lowest BCUT2D eigenvalue weighted by molar-refractivity contribution is -0.298. The van der Waals surface area contributed by atoms with E-state index in [9.17, 15) is 18.1 Å². The van der Waals surface area contributed by atoms with Gasteiger partial charge in [0.25, 0.3) is 5.91 Å². The van der Waals surface area contributed by atoms with Crippen LogP contribution in [0.5, 0.6) is 5.75 Å². The molecule has 3 aliphatic rings. The Labute approximate surface area is 325 Å². The van der Waals surface area contributed by atoms with Crippen molar-refractivity contribution in [3.05, 3.63) is 77.1 Å². The number of carbonyl (C=O) groups is 1. The first-order valence-electron chi connectivity index (χ1n) is 18.3. The van der Waals surface area contributed by atoms with Gasteiger partial charge in [0.2, 0.25) is 0 Å². The second-order valence-electron chi connectivity index (χ2n) is 17.7. The summed E-state index contributed by atoms with van der Waals surface area (Å²) in [7, 11) is -1.37. The molecule has 1 fully saturated rings. The summed E-state index contributed by atoms with van der Waals surface area (Å²) in [6, 6.07) is 9.77. The van der Waals surface area contributed by atoms with Gasteiger partial charge < -0.3 is 23.2 Å². The molecule has 17 heteroatoms. The number of rotatable bonds is 8. The van der Waals surface area contributed by atoms with Crippen LogP contribution in [0.25, 0.3) is 22.2 Å². The molecule has 2 bridgehead atoms. The zero-order valence-corrected chi connectivity index (χ0v) is 34.4. The maximum atomic E-state index is 16.5. The van der Waals surface area contributed by atoms with E-state index < -0.39 is 84.1 Å². The summed E-state index contributed by atoms with van der Waals surface area (Å²) in [6.45, 7) is 10.8. The van der Waals surface area contributed by atoms with Gasteiger partial charge in [-0.2, -0.15) is 22.0 Å². The normalized spacial score (nSPS) is 24.6. The number of pyridine rings is 1. The van der Waals surface area contributed by atoms with Gasteiger partial charge in [-0.05, 0) is 74.8 Å². The first-order chi connectivity index (χ1) is 25.8. The Morgan fingerprint density at radius 1 is 1.02 bits per heavy atom. The van der Waals surface area contributed by atoms with Crippen molar-refractivity contribution >= 4 is 36.6 Å². The number of hydrogen-bond acceptors (Lipinski definition) is 7. The van der Waals surface area contributed by atoms with Crippen LogP contribution in [0.1, 0.15) is 100 Å². The smallest absolute Gasteiger partial charge is 0.416 e. The van der Waals surface area contributed by atoms with E-state index in [1.54, 1.807) is 65.2 Å². The van der Waals surface area contributed by atoms with E-state index in [4.69, 9.17) is 14.1 Å². The minimum Gasteiger partial charge on any atom is -0.598 e. The predicted molar refractivity (Wildman–Crippen MR) is 203 cm³/mol. The monoisotopic (exact) mass is 821 g/mol. The van der Waals surface area contributed by atoms with Crippen molar-refractivity contribution in [3.63, 3.8) is 0 Å². The average molecular weight is 822 g/mol. The third-order valence-electron chi connectivity index (χ3n) is 11.8. The quantitative estimate of drug-likeness (QED) is 0.107. The van der Waals surface area contributed by atoms with E-state index in [0.717, 1.165) is 0 Å². The summed E-state index contributed by atoms with van der Waals surface area (Å²) >= 11 is -1.90. The van der Waals surface area contributed by atoms with Gasteiger partial charge in [-0.25, -0.2) is 9.37 Å². The number of alkyl halides is 5. The Hall–Kier alpha value is -3.64. The summed E-state index contributed by atoms with van der Waals surface area (Å²) in [6.07, 6.45) is -4.54. The van der Waals surface area contributed by atoms with Gasteiger partial charge in [-0.15, -0.1) is 4.72 Å². The standard InChI is InChI=1S/C39H45F6N5O4SSi/c1-35(2,3)55(52)48-37(19-38(20-37,39(43,44)45)54-56(8,9)36(4,5)6)31-24(40)15-22(18-46-31)21-13-14-25-26(16-21)50-27-17-28(32(50)47-25)49(7)33(51)23-11-10-12-29(30(23)27)53-34(41)42/h10-16,18,27-28,34,48H,17,19-20H2,1-9H3/t27-,28?,37?,38?,55+/m1/s1. The number of carbonyl (C=O) groups excluding carboxylic acids is 1. The SMILES string of the molecule is CN1C(=O)c2cccc(OC(F)F)c2[C@H]2CC1c1nc3ccc(-c4cnc(C5(N[S@@+]([O-])C(C)(C)C)CC(O[Si](C)(C)C(C)(C)C)(C(F)(F)F)C5)c(F)c4)cc3n12. The molecule has 7 rings (SSSR count). The number of ether oxygens (including phenoxy) is 1. The molecule has 1 N–H and O–H groups in total. The molecule has 9 nitrogen and oxygen atoms in total. The number of imidazole rings is 1. The molecule has 302 valence electrons. The Morgan fingerprint density at radius 2 is 1.70 bits per heavy atom. The molecular weight excluding hydrogens is 777 g/mol. The molecule has 3 atom stereocenters. The molecule has 1 unspecified atom stereocenters. The fourth-order valence-electron chi connectivity index (χ4n) is 7.92. The molecule has 0 radical (unpaired) electrons. The summed E-state index contributed by atoms with van der Waals surface area (Å²) in [4.78, 5) is 24.3. The fraction of sp³-hybridized carbons (Fsp3) is 0.513. The molecule has 4 aromatic rings. The lowest BCUT2D eigenvalue weighted by atomic mass is 9.63. The van der Waals surface area contributed by atoms with Gasteiger partial charge in [0.15, 0.2) is 13.9 Å². The predicted octanol–water partition coefficient (Wildman–Crippen LogP) is 9.32.